The Morgan fingerprint density at radius 1 is 1.30 bits per heavy atom. The summed E-state index contributed by atoms with van der Waals surface area (Å²) in [4.78, 5) is 14.1. The van der Waals surface area contributed by atoms with Gasteiger partial charge in [0.1, 0.15) is 5.75 Å². The molecule has 1 aromatic rings. The number of rotatable bonds is 7. The zero-order valence-corrected chi connectivity index (χ0v) is 12.2. The number of carbonyl (C=O) groups is 1. The largest absolute Gasteiger partial charge is 0.496 e. The average Bonchev–Trinajstić information content (AvgIpc) is 2.99. The lowest BCUT2D eigenvalue weighted by Crippen LogP contribution is -2.30. The van der Waals surface area contributed by atoms with Crippen molar-refractivity contribution in [3.05, 3.63) is 29.8 Å². The molecule has 0 atom stereocenters. The lowest BCUT2D eigenvalue weighted by atomic mass is 10.1. The Bertz CT molecular complexity index is 428. The summed E-state index contributed by atoms with van der Waals surface area (Å²) in [5, 5.41) is 2.99. The van der Waals surface area contributed by atoms with Crippen molar-refractivity contribution < 1.29 is 9.53 Å². The van der Waals surface area contributed by atoms with Crippen LogP contribution in [-0.4, -0.2) is 44.1 Å². The fourth-order valence-corrected chi connectivity index (χ4v) is 2.60. The van der Waals surface area contributed by atoms with E-state index in [4.69, 9.17) is 4.74 Å². The van der Waals surface area contributed by atoms with Crippen molar-refractivity contribution in [1.82, 2.24) is 10.2 Å². The van der Waals surface area contributed by atoms with Crippen LogP contribution in [0.4, 0.5) is 0 Å². The first-order valence-corrected chi connectivity index (χ1v) is 7.40. The Morgan fingerprint density at radius 3 is 2.80 bits per heavy atom. The average molecular weight is 276 g/mol. The Hall–Kier alpha value is -1.55. The predicted molar refractivity (Wildman–Crippen MR) is 80.0 cm³/mol. The van der Waals surface area contributed by atoms with E-state index in [0.717, 1.165) is 37.4 Å². The van der Waals surface area contributed by atoms with Gasteiger partial charge in [-0.25, -0.2) is 0 Å². The van der Waals surface area contributed by atoms with Crippen molar-refractivity contribution >= 4 is 5.91 Å². The summed E-state index contributed by atoms with van der Waals surface area (Å²) in [7, 11) is 1.67. The Morgan fingerprint density at radius 2 is 2.05 bits per heavy atom. The van der Waals surface area contributed by atoms with Gasteiger partial charge in [0.05, 0.1) is 7.11 Å². The molecule has 0 unspecified atom stereocenters. The quantitative estimate of drug-likeness (QED) is 0.826. The van der Waals surface area contributed by atoms with Gasteiger partial charge in [0.15, 0.2) is 0 Å². The summed E-state index contributed by atoms with van der Waals surface area (Å²) < 4.78 is 5.30. The van der Waals surface area contributed by atoms with Gasteiger partial charge < -0.3 is 15.0 Å². The van der Waals surface area contributed by atoms with Crippen molar-refractivity contribution in [3.63, 3.8) is 0 Å². The number of nitrogens with one attached hydrogen (secondary N) is 1. The first-order chi connectivity index (χ1) is 9.79. The highest BCUT2D eigenvalue weighted by Crippen LogP contribution is 2.17. The molecule has 1 saturated heterocycles. The third-order valence-corrected chi connectivity index (χ3v) is 3.76. The molecule has 2 rings (SSSR count). The van der Waals surface area contributed by atoms with E-state index >= 15 is 0 Å². The van der Waals surface area contributed by atoms with Crippen molar-refractivity contribution in [2.45, 2.75) is 25.7 Å². The number of benzene rings is 1. The highest BCUT2D eigenvalue weighted by atomic mass is 16.5. The molecule has 20 heavy (non-hydrogen) atoms. The molecule has 0 radical (unpaired) electrons. The van der Waals surface area contributed by atoms with Crippen molar-refractivity contribution in [3.8, 4) is 5.75 Å². The molecule has 0 spiro atoms. The number of amides is 1. The topological polar surface area (TPSA) is 41.6 Å². The summed E-state index contributed by atoms with van der Waals surface area (Å²) >= 11 is 0. The second-order valence-electron chi connectivity index (χ2n) is 5.21. The van der Waals surface area contributed by atoms with Crippen LogP contribution in [-0.2, 0) is 11.2 Å². The van der Waals surface area contributed by atoms with Gasteiger partial charge in [-0.15, -0.1) is 0 Å². The van der Waals surface area contributed by atoms with Gasteiger partial charge in [0.2, 0.25) is 5.91 Å². The van der Waals surface area contributed by atoms with Crippen LogP contribution >= 0.6 is 0 Å². The summed E-state index contributed by atoms with van der Waals surface area (Å²) in [5.41, 5.74) is 1.13. The number of hydrogen-bond acceptors (Lipinski definition) is 3. The number of carbonyl (C=O) groups excluding carboxylic acids is 1. The van der Waals surface area contributed by atoms with Gasteiger partial charge in [-0.2, -0.15) is 0 Å². The Kier molecular flexibility index (Phi) is 5.87. The molecule has 1 amide bonds. The van der Waals surface area contributed by atoms with Gasteiger partial charge >= 0.3 is 0 Å². The van der Waals surface area contributed by atoms with E-state index in [0.29, 0.717) is 13.0 Å². The molecule has 1 aliphatic heterocycles. The maximum Gasteiger partial charge on any atom is 0.221 e. The van der Waals surface area contributed by atoms with Gasteiger partial charge in [-0.05, 0) is 44.0 Å². The molecule has 0 aliphatic carbocycles. The molecule has 1 fully saturated rings. The number of ether oxygens (including phenoxy) is 1. The molecular formula is C16H24N2O2. The fourth-order valence-electron chi connectivity index (χ4n) is 2.60. The smallest absolute Gasteiger partial charge is 0.221 e. The maximum atomic E-state index is 11.8. The minimum absolute atomic E-state index is 0.145. The van der Waals surface area contributed by atoms with Gasteiger partial charge in [0, 0.05) is 19.5 Å². The van der Waals surface area contributed by atoms with Crippen LogP contribution < -0.4 is 10.1 Å². The highest BCUT2D eigenvalue weighted by molar-refractivity contribution is 5.76. The lowest BCUT2D eigenvalue weighted by molar-refractivity contribution is -0.121. The number of nitrogens with zero attached hydrogens (tertiary/aromatic N) is 1. The summed E-state index contributed by atoms with van der Waals surface area (Å²) in [6.07, 6.45) is 3.95. The van der Waals surface area contributed by atoms with Crippen LogP contribution in [0.5, 0.6) is 5.75 Å². The molecular weight excluding hydrogens is 252 g/mol. The molecule has 4 nitrogen and oxygen atoms in total. The normalized spacial score (nSPS) is 15.2. The first-order valence-electron chi connectivity index (χ1n) is 7.40. The Labute approximate surface area is 121 Å². The zero-order chi connectivity index (χ0) is 14.2. The third-order valence-electron chi connectivity index (χ3n) is 3.76. The van der Waals surface area contributed by atoms with E-state index in [1.54, 1.807) is 7.11 Å². The molecule has 0 bridgehead atoms. The first kappa shape index (κ1) is 14.9. The summed E-state index contributed by atoms with van der Waals surface area (Å²) in [5.74, 6) is 1.03. The highest BCUT2D eigenvalue weighted by Gasteiger charge is 2.12. The minimum Gasteiger partial charge on any atom is -0.496 e. The number of methoxy groups -OCH3 is 1. The Balaban J connectivity index is 1.65. The van der Waals surface area contributed by atoms with Crippen LogP contribution in [0.2, 0.25) is 0 Å². The number of likely N-dealkylation sites (tertiary alicyclic amines) is 1. The van der Waals surface area contributed by atoms with Crippen molar-refractivity contribution in [1.29, 1.82) is 0 Å². The van der Waals surface area contributed by atoms with E-state index in [1.807, 2.05) is 24.3 Å². The summed E-state index contributed by atoms with van der Waals surface area (Å²) in [6.45, 7) is 3.85. The van der Waals surface area contributed by atoms with Crippen LogP contribution in [0.3, 0.4) is 0 Å². The summed E-state index contributed by atoms with van der Waals surface area (Å²) in [6, 6.07) is 7.93. The van der Waals surface area contributed by atoms with Gasteiger partial charge in [0.25, 0.3) is 0 Å². The van der Waals surface area contributed by atoms with Crippen LogP contribution in [0.1, 0.15) is 24.8 Å². The van der Waals surface area contributed by atoms with Crippen molar-refractivity contribution in [2.24, 2.45) is 0 Å². The SMILES string of the molecule is COc1ccccc1CCNC(=O)CCN1CCCC1. The molecule has 0 saturated carbocycles. The fraction of sp³-hybridized carbons (Fsp3) is 0.562. The molecule has 0 aromatic heterocycles. The van der Waals surface area contributed by atoms with E-state index < -0.39 is 0 Å². The molecule has 1 heterocycles. The van der Waals surface area contributed by atoms with E-state index in [1.165, 1.54) is 12.8 Å². The van der Waals surface area contributed by atoms with E-state index in [-0.39, 0.29) is 5.91 Å². The van der Waals surface area contributed by atoms with Gasteiger partial charge in [-0.3, -0.25) is 4.79 Å². The monoisotopic (exact) mass is 276 g/mol. The van der Waals surface area contributed by atoms with Crippen LogP contribution in [0.25, 0.3) is 0 Å². The molecule has 1 N–H and O–H groups in total. The standard InChI is InChI=1S/C16H24N2O2/c1-20-15-7-3-2-6-14(15)8-10-17-16(19)9-13-18-11-4-5-12-18/h2-3,6-7H,4-5,8-13H2,1H3,(H,17,19). The third kappa shape index (κ3) is 4.53. The maximum absolute atomic E-state index is 11.8. The second-order valence-corrected chi connectivity index (χ2v) is 5.21. The predicted octanol–water partition coefficient (Wildman–Crippen LogP) is 1.84. The van der Waals surface area contributed by atoms with Gasteiger partial charge in [-0.1, -0.05) is 18.2 Å². The van der Waals surface area contributed by atoms with Crippen LogP contribution in [0.15, 0.2) is 24.3 Å². The zero-order valence-electron chi connectivity index (χ0n) is 12.2. The van der Waals surface area contributed by atoms with E-state index in [2.05, 4.69) is 10.2 Å². The molecule has 1 aliphatic rings. The molecule has 110 valence electrons. The lowest BCUT2D eigenvalue weighted by Gasteiger charge is -2.14. The number of para-hydroxylation sites is 1. The number of hydrogen-bond donors (Lipinski definition) is 1. The van der Waals surface area contributed by atoms with Crippen molar-refractivity contribution in [2.75, 3.05) is 33.3 Å². The minimum atomic E-state index is 0.145. The molecule has 1 aromatic carbocycles. The van der Waals surface area contributed by atoms with Crippen LogP contribution in [0, 0.1) is 0 Å². The van der Waals surface area contributed by atoms with E-state index in [9.17, 15) is 4.79 Å². The second kappa shape index (κ2) is 7.90. The molecule has 4 heteroatoms.